The number of amides is 6. The Hall–Kier alpha value is -4.88. The lowest BCUT2D eigenvalue weighted by molar-refractivity contribution is -0.145. The van der Waals surface area contributed by atoms with Crippen LogP contribution >= 0.6 is 0 Å². The molecule has 3 saturated heterocycles. The average Bonchev–Trinajstić information content (AvgIpc) is 3.56. The molecule has 0 aromatic carbocycles. The number of ether oxygens (including phenoxy) is 1. The number of nitrogens with one attached hydrogen (secondary N) is 3. The minimum Gasteiger partial charge on any atom is -0.481 e. The van der Waals surface area contributed by atoms with E-state index < -0.39 is 78.2 Å². The standard InChI is InChI=1S/C29H46N10O10/c1-16(2)14-21(39-25(44)19(15-22(40)41)36-29(39)47)26(45)38-11-9-37(10-12-38)20(5-8-33-48)24(43)34-17(4-3-7-32-28(30)31)23(42)35-18-6-13-49-27(18)46/h16-21H,3-15H2,1-2H3,(H,34,43)(H,35,42)(H,36,47)(H,40,41)(H4,30,31,32)/t17-,18?,19-,20-,21+/m0/s1. The molecule has 1 unspecified atom stereocenters. The number of hydrogen-bond acceptors (Lipinski definition) is 12. The zero-order valence-corrected chi connectivity index (χ0v) is 27.7. The van der Waals surface area contributed by atoms with Gasteiger partial charge in [-0.25, -0.2) is 14.5 Å². The summed E-state index contributed by atoms with van der Waals surface area (Å²) in [6.45, 7) is 4.36. The van der Waals surface area contributed by atoms with Crippen LogP contribution in [0.25, 0.3) is 0 Å². The fraction of sp³-hybridized carbons (Fsp3) is 0.724. The molecular weight excluding hydrogens is 648 g/mol. The maximum atomic E-state index is 13.8. The molecule has 8 N–H and O–H groups in total. The maximum absolute atomic E-state index is 13.8. The second-order valence-corrected chi connectivity index (χ2v) is 12.5. The number of nitroso groups, excluding NO2 is 1. The largest absolute Gasteiger partial charge is 0.481 e. The topological polar surface area (TPSA) is 289 Å². The van der Waals surface area contributed by atoms with Gasteiger partial charge in [0.05, 0.1) is 25.6 Å². The molecule has 3 aliphatic rings. The average molecular weight is 695 g/mol. The molecule has 0 radical (unpaired) electrons. The van der Waals surface area contributed by atoms with Gasteiger partial charge in [-0.3, -0.25) is 33.9 Å². The van der Waals surface area contributed by atoms with Gasteiger partial charge in [-0.1, -0.05) is 19.0 Å². The zero-order chi connectivity index (χ0) is 36.2. The highest BCUT2D eigenvalue weighted by Gasteiger charge is 2.47. The smallest absolute Gasteiger partial charge is 0.328 e. The number of carboxylic acid groups (broad SMARTS) is 1. The lowest BCUT2D eigenvalue weighted by Crippen LogP contribution is -2.61. The van der Waals surface area contributed by atoms with Crippen LogP contribution in [0, 0.1) is 10.8 Å². The fourth-order valence-electron chi connectivity index (χ4n) is 5.98. The van der Waals surface area contributed by atoms with E-state index in [-0.39, 0.29) is 83.4 Å². The molecule has 20 nitrogen and oxygen atoms in total. The molecule has 3 aliphatic heterocycles. The molecule has 6 amide bonds. The van der Waals surface area contributed by atoms with Crippen molar-refractivity contribution in [3.63, 3.8) is 0 Å². The van der Waals surface area contributed by atoms with E-state index in [9.17, 15) is 38.5 Å². The van der Waals surface area contributed by atoms with Crippen LogP contribution in [0.1, 0.15) is 52.4 Å². The van der Waals surface area contributed by atoms with Crippen LogP contribution in [0.15, 0.2) is 10.2 Å². The summed E-state index contributed by atoms with van der Waals surface area (Å²) in [5.74, 6) is -4.54. The number of carboxylic acids is 1. The number of cyclic esters (lactones) is 1. The van der Waals surface area contributed by atoms with Crippen LogP contribution in [0.5, 0.6) is 0 Å². The molecule has 49 heavy (non-hydrogen) atoms. The first-order valence-electron chi connectivity index (χ1n) is 16.2. The van der Waals surface area contributed by atoms with Gasteiger partial charge in [0.2, 0.25) is 17.7 Å². The number of guanidine groups is 1. The van der Waals surface area contributed by atoms with E-state index >= 15 is 0 Å². The number of aliphatic carboxylic acids is 1. The number of nitrogens with two attached hydrogens (primary N) is 2. The second kappa shape index (κ2) is 18.0. The fourth-order valence-corrected chi connectivity index (χ4v) is 5.98. The second-order valence-electron chi connectivity index (χ2n) is 12.5. The summed E-state index contributed by atoms with van der Waals surface area (Å²) < 4.78 is 4.91. The van der Waals surface area contributed by atoms with Gasteiger partial charge >= 0.3 is 18.0 Å². The Morgan fingerprint density at radius 3 is 2.29 bits per heavy atom. The molecule has 272 valence electrons. The van der Waals surface area contributed by atoms with Gasteiger partial charge < -0.3 is 42.2 Å². The Kier molecular flexibility index (Phi) is 14.2. The van der Waals surface area contributed by atoms with E-state index in [0.29, 0.717) is 6.42 Å². The van der Waals surface area contributed by atoms with Crippen molar-refractivity contribution in [3.05, 3.63) is 4.91 Å². The number of nitrogens with zero attached hydrogens (tertiary/aromatic N) is 5. The highest BCUT2D eigenvalue weighted by Crippen LogP contribution is 2.22. The third-order valence-corrected chi connectivity index (χ3v) is 8.42. The summed E-state index contributed by atoms with van der Waals surface area (Å²) >= 11 is 0. The minimum atomic E-state index is -1.28. The van der Waals surface area contributed by atoms with Crippen molar-refractivity contribution < 1.29 is 43.4 Å². The normalized spacial score (nSPS) is 21.4. The minimum absolute atomic E-state index is 0.0178. The molecule has 0 saturated carbocycles. The molecule has 0 spiro atoms. The summed E-state index contributed by atoms with van der Waals surface area (Å²) in [5.41, 5.74) is 10.8. The van der Waals surface area contributed by atoms with Gasteiger partial charge in [0, 0.05) is 39.1 Å². The van der Waals surface area contributed by atoms with Gasteiger partial charge in [0.15, 0.2) is 5.96 Å². The lowest BCUT2D eigenvalue weighted by Gasteiger charge is -2.40. The van der Waals surface area contributed by atoms with Crippen LogP contribution in [0.3, 0.4) is 0 Å². The SMILES string of the molecule is CC(C)C[C@H](C(=O)N1CCN([C@@H](CCN=O)C(=O)N[C@@H](CCCN=C(N)N)C(=O)NC2CCOC2=O)CC1)N1C(=O)N[C@@H](CC(=O)O)C1=O. The number of urea groups is 1. The van der Waals surface area contributed by atoms with Gasteiger partial charge in [-0.15, -0.1) is 0 Å². The summed E-state index contributed by atoms with van der Waals surface area (Å²) in [6, 6.07) is -6.11. The van der Waals surface area contributed by atoms with Crippen LogP contribution in [0.4, 0.5) is 4.79 Å². The number of imide groups is 1. The summed E-state index contributed by atoms with van der Waals surface area (Å²) in [7, 11) is 0. The van der Waals surface area contributed by atoms with Gasteiger partial charge in [-0.2, -0.15) is 4.91 Å². The Morgan fingerprint density at radius 2 is 1.71 bits per heavy atom. The number of hydrogen-bond donors (Lipinski definition) is 6. The van der Waals surface area contributed by atoms with Crippen molar-refractivity contribution in [2.24, 2.45) is 27.6 Å². The van der Waals surface area contributed by atoms with Crippen molar-refractivity contribution in [3.8, 4) is 0 Å². The van der Waals surface area contributed by atoms with Crippen LogP contribution in [-0.2, 0) is 33.5 Å². The van der Waals surface area contributed by atoms with Crippen molar-refractivity contribution in [1.82, 2.24) is 30.7 Å². The third kappa shape index (κ3) is 10.8. The molecule has 5 atom stereocenters. The molecule has 3 heterocycles. The molecule has 0 aromatic rings. The molecule has 0 aliphatic carbocycles. The summed E-state index contributed by atoms with van der Waals surface area (Å²) in [4.78, 5) is 108. The number of piperazine rings is 1. The van der Waals surface area contributed by atoms with Crippen molar-refractivity contribution in [1.29, 1.82) is 0 Å². The monoisotopic (exact) mass is 694 g/mol. The van der Waals surface area contributed by atoms with E-state index in [1.165, 1.54) is 4.90 Å². The van der Waals surface area contributed by atoms with Crippen molar-refractivity contribution >= 4 is 47.6 Å². The Balaban J connectivity index is 1.71. The van der Waals surface area contributed by atoms with E-state index in [1.807, 2.05) is 13.8 Å². The van der Waals surface area contributed by atoms with Crippen molar-refractivity contribution in [2.45, 2.75) is 82.6 Å². The number of aliphatic imine (C=N–C) groups is 1. The molecular formula is C29H46N10O10. The van der Waals surface area contributed by atoms with Gasteiger partial charge in [0.25, 0.3) is 5.91 Å². The Morgan fingerprint density at radius 1 is 1.02 bits per heavy atom. The molecule has 0 bridgehead atoms. The third-order valence-electron chi connectivity index (χ3n) is 8.42. The van der Waals surface area contributed by atoms with E-state index in [2.05, 4.69) is 26.1 Å². The highest BCUT2D eigenvalue weighted by atomic mass is 16.5. The summed E-state index contributed by atoms with van der Waals surface area (Å²) in [5, 5.41) is 19.7. The van der Waals surface area contributed by atoms with E-state index in [4.69, 9.17) is 21.3 Å². The van der Waals surface area contributed by atoms with Gasteiger partial charge in [0.1, 0.15) is 24.2 Å². The molecule has 3 fully saturated rings. The maximum Gasteiger partial charge on any atom is 0.328 e. The highest BCUT2D eigenvalue weighted by molar-refractivity contribution is 6.08. The first kappa shape index (κ1) is 38.6. The van der Waals surface area contributed by atoms with Gasteiger partial charge in [-0.05, 0) is 31.6 Å². The molecule has 0 aromatic heterocycles. The Labute approximate surface area is 282 Å². The zero-order valence-electron chi connectivity index (χ0n) is 27.7. The van der Waals surface area contributed by atoms with E-state index in [1.54, 1.807) is 4.90 Å². The number of rotatable bonds is 18. The van der Waals surface area contributed by atoms with Crippen LogP contribution in [-0.4, -0.2) is 143 Å². The van der Waals surface area contributed by atoms with Crippen LogP contribution in [0.2, 0.25) is 0 Å². The predicted molar refractivity (Wildman–Crippen MR) is 171 cm³/mol. The molecule has 3 rings (SSSR count). The molecule has 20 heteroatoms. The first-order chi connectivity index (χ1) is 23.2. The van der Waals surface area contributed by atoms with Crippen molar-refractivity contribution in [2.75, 3.05) is 45.9 Å². The number of esters is 1. The van der Waals surface area contributed by atoms with Crippen LogP contribution < -0.4 is 27.4 Å². The first-order valence-corrected chi connectivity index (χ1v) is 16.2. The number of carbonyl (C=O) groups is 7. The predicted octanol–water partition coefficient (Wildman–Crippen LogP) is -2.56. The Bertz CT molecular complexity index is 1300. The lowest BCUT2D eigenvalue weighted by atomic mass is 10.00. The summed E-state index contributed by atoms with van der Waals surface area (Å²) in [6.07, 6.45) is 0.285. The number of carbonyl (C=O) groups excluding carboxylic acids is 6. The quantitative estimate of drug-likeness (QED) is 0.0215. The van der Waals surface area contributed by atoms with E-state index in [0.717, 1.165) is 4.90 Å².